The van der Waals surface area contributed by atoms with Crippen LogP contribution in [0.4, 0.5) is 0 Å². The molecule has 1 aliphatic carbocycles. The first-order valence-electron chi connectivity index (χ1n) is 6.96. The van der Waals surface area contributed by atoms with Gasteiger partial charge in [-0.05, 0) is 39.5 Å². The van der Waals surface area contributed by atoms with Gasteiger partial charge in [0.1, 0.15) is 0 Å². The normalized spacial score (nSPS) is 19.9. The largest absolute Gasteiger partial charge is 0.338 e. The Morgan fingerprint density at radius 2 is 2.37 bits per heavy atom. The lowest BCUT2D eigenvalue weighted by Crippen LogP contribution is -2.33. The van der Waals surface area contributed by atoms with Gasteiger partial charge in [0.05, 0.1) is 21.6 Å². The summed E-state index contributed by atoms with van der Waals surface area (Å²) in [7, 11) is 1.92. The molecule has 0 bridgehead atoms. The SMILES string of the molecule is Cc1nc2c(s1)C(N(C)C(=O)CCC(C)N)CCC2. The van der Waals surface area contributed by atoms with Crippen molar-refractivity contribution in [2.75, 3.05) is 7.05 Å². The number of thiazole rings is 1. The number of carbonyl (C=O) groups is 1. The van der Waals surface area contributed by atoms with Crippen molar-refractivity contribution in [3.8, 4) is 0 Å². The van der Waals surface area contributed by atoms with Crippen LogP contribution in [-0.2, 0) is 11.2 Å². The maximum atomic E-state index is 12.2. The number of rotatable bonds is 4. The Hall–Kier alpha value is -0.940. The van der Waals surface area contributed by atoms with Crippen LogP contribution in [0.2, 0.25) is 0 Å². The topological polar surface area (TPSA) is 59.2 Å². The van der Waals surface area contributed by atoms with Crippen LogP contribution in [0.1, 0.15) is 54.2 Å². The predicted molar refractivity (Wildman–Crippen MR) is 78.2 cm³/mol. The first kappa shape index (κ1) is 14.5. The molecule has 19 heavy (non-hydrogen) atoms. The molecule has 1 aromatic rings. The second-order valence-corrected chi connectivity index (χ2v) is 6.71. The highest BCUT2D eigenvalue weighted by atomic mass is 32.1. The van der Waals surface area contributed by atoms with Crippen molar-refractivity contribution in [3.63, 3.8) is 0 Å². The van der Waals surface area contributed by atoms with Crippen molar-refractivity contribution in [2.24, 2.45) is 5.73 Å². The highest BCUT2D eigenvalue weighted by molar-refractivity contribution is 7.11. The fourth-order valence-electron chi connectivity index (χ4n) is 2.59. The second kappa shape index (κ2) is 6.01. The summed E-state index contributed by atoms with van der Waals surface area (Å²) in [6.45, 7) is 3.98. The van der Waals surface area contributed by atoms with Gasteiger partial charge in [-0.25, -0.2) is 4.98 Å². The van der Waals surface area contributed by atoms with E-state index in [2.05, 4.69) is 4.98 Å². The molecule has 5 heteroatoms. The van der Waals surface area contributed by atoms with Crippen LogP contribution in [0.3, 0.4) is 0 Å². The van der Waals surface area contributed by atoms with Gasteiger partial charge in [-0.15, -0.1) is 11.3 Å². The molecular formula is C14H23N3OS. The number of aromatic nitrogens is 1. The number of hydrogen-bond donors (Lipinski definition) is 1. The number of nitrogens with two attached hydrogens (primary N) is 1. The molecule has 2 atom stereocenters. The minimum Gasteiger partial charge on any atom is -0.338 e. The first-order chi connectivity index (χ1) is 8.99. The average Bonchev–Trinajstić information content (AvgIpc) is 2.74. The number of fused-ring (bicyclic) bond motifs is 1. The standard InChI is InChI=1S/C14H23N3OS/c1-9(15)7-8-13(18)17(3)12-6-4-5-11-14(12)19-10(2)16-11/h9,12H,4-8,15H2,1-3H3. The van der Waals surface area contributed by atoms with E-state index < -0.39 is 0 Å². The lowest BCUT2D eigenvalue weighted by atomic mass is 9.96. The van der Waals surface area contributed by atoms with Crippen molar-refractivity contribution in [2.45, 2.75) is 58.0 Å². The Labute approximate surface area is 119 Å². The van der Waals surface area contributed by atoms with E-state index in [-0.39, 0.29) is 18.0 Å². The Kier molecular flexibility index (Phi) is 4.58. The lowest BCUT2D eigenvalue weighted by Gasteiger charge is -2.31. The smallest absolute Gasteiger partial charge is 0.222 e. The molecule has 106 valence electrons. The van der Waals surface area contributed by atoms with Crippen LogP contribution in [0.15, 0.2) is 0 Å². The molecule has 1 heterocycles. The van der Waals surface area contributed by atoms with Crippen molar-refractivity contribution >= 4 is 17.2 Å². The zero-order valence-electron chi connectivity index (χ0n) is 12.0. The van der Waals surface area contributed by atoms with Gasteiger partial charge in [0.25, 0.3) is 0 Å². The molecule has 0 saturated carbocycles. The van der Waals surface area contributed by atoms with E-state index in [1.165, 1.54) is 10.6 Å². The molecule has 0 fully saturated rings. The third kappa shape index (κ3) is 3.34. The summed E-state index contributed by atoms with van der Waals surface area (Å²) in [6.07, 6.45) is 4.51. The van der Waals surface area contributed by atoms with Crippen LogP contribution < -0.4 is 5.73 Å². The maximum absolute atomic E-state index is 12.2. The zero-order chi connectivity index (χ0) is 14.0. The molecule has 4 nitrogen and oxygen atoms in total. The van der Waals surface area contributed by atoms with E-state index in [4.69, 9.17) is 5.73 Å². The predicted octanol–water partition coefficient (Wildman–Crippen LogP) is 2.41. The van der Waals surface area contributed by atoms with E-state index >= 15 is 0 Å². The third-order valence-electron chi connectivity index (χ3n) is 3.70. The number of hydrogen-bond acceptors (Lipinski definition) is 4. The van der Waals surface area contributed by atoms with E-state index in [1.807, 2.05) is 25.8 Å². The fraction of sp³-hybridized carbons (Fsp3) is 0.714. The molecule has 1 aromatic heterocycles. The number of amides is 1. The molecule has 0 aromatic carbocycles. The summed E-state index contributed by atoms with van der Waals surface area (Å²) in [5, 5.41) is 1.10. The fourth-order valence-corrected chi connectivity index (χ4v) is 3.74. The molecule has 0 spiro atoms. The van der Waals surface area contributed by atoms with Gasteiger partial charge in [-0.3, -0.25) is 4.79 Å². The summed E-state index contributed by atoms with van der Waals surface area (Å²) in [5.41, 5.74) is 6.92. The van der Waals surface area contributed by atoms with Crippen LogP contribution in [0.5, 0.6) is 0 Å². The highest BCUT2D eigenvalue weighted by Gasteiger charge is 2.29. The Morgan fingerprint density at radius 1 is 1.63 bits per heavy atom. The summed E-state index contributed by atoms with van der Waals surface area (Å²) < 4.78 is 0. The molecule has 2 N–H and O–H groups in total. The molecule has 2 unspecified atom stereocenters. The Bertz CT molecular complexity index is 456. The van der Waals surface area contributed by atoms with Gasteiger partial charge in [0, 0.05) is 19.5 Å². The number of carbonyl (C=O) groups excluding carboxylic acids is 1. The van der Waals surface area contributed by atoms with E-state index in [0.717, 1.165) is 30.7 Å². The number of nitrogens with zero attached hydrogens (tertiary/aromatic N) is 2. The third-order valence-corrected chi connectivity index (χ3v) is 4.82. The van der Waals surface area contributed by atoms with Crippen molar-refractivity contribution in [1.29, 1.82) is 0 Å². The summed E-state index contributed by atoms with van der Waals surface area (Å²) >= 11 is 1.74. The van der Waals surface area contributed by atoms with E-state index in [0.29, 0.717) is 6.42 Å². The van der Waals surface area contributed by atoms with Crippen molar-refractivity contribution < 1.29 is 4.79 Å². The maximum Gasteiger partial charge on any atom is 0.222 e. The minimum atomic E-state index is 0.0879. The molecule has 1 aliphatic rings. The van der Waals surface area contributed by atoms with Gasteiger partial charge < -0.3 is 10.6 Å². The number of aryl methyl sites for hydroxylation is 2. The molecule has 0 radical (unpaired) electrons. The molecule has 0 aliphatic heterocycles. The molecule has 0 saturated heterocycles. The average molecular weight is 281 g/mol. The summed E-state index contributed by atoms with van der Waals surface area (Å²) in [5.74, 6) is 0.196. The van der Waals surface area contributed by atoms with Crippen LogP contribution in [0.25, 0.3) is 0 Å². The zero-order valence-corrected chi connectivity index (χ0v) is 12.8. The Balaban J connectivity index is 2.07. The highest BCUT2D eigenvalue weighted by Crippen LogP contribution is 2.37. The van der Waals surface area contributed by atoms with Gasteiger partial charge >= 0.3 is 0 Å². The van der Waals surface area contributed by atoms with E-state index in [9.17, 15) is 4.79 Å². The van der Waals surface area contributed by atoms with Crippen LogP contribution in [-0.4, -0.2) is 28.9 Å². The molecule has 2 rings (SSSR count). The van der Waals surface area contributed by atoms with Crippen LogP contribution >= 0.6 is 11.3 Å². The lowest BCUT2D eigenvalue weighted by molar-refractivity contribution is -0.132. The Morgan fingerprint density at radius 3 is 3.05 bits per heavy atom. The quantitative estimate of drug-likeness (QED) is 0.922. The van der Waals surface area contributed by atoms with Crippen molar-refractivity contribution in [1.82, 2.24) is 9.88 Å². The monoisotopic (exact) mass is 281 g/mol. The summed E-state index contributed by atoms with van der Waals surface area (Å²) in [6, 6.07) is 0.306. The molecule has 1 amide bonds. The summed E-state index contributed by atoms with van der Waals surface area (Å²) in [4.78, 5) is 20.0. The van der Waals surface area contributed by atoms with Gasteiger partial charge in [-0.2, -0.15) is 0 Å². The molecular weight excluding hydrogens is 258 g/mol. The first-order valence-corrected chi connectivity index (χ1v) is 7.78. The second-order valence-electron chi connectivity index (χ2n) is 5.47. The van der Waals surface area contributed by atoms with Crippen molar-refractivity contribution in [3.05, 3.63) is 15.6 Å². The van der Waals surface area contributed by atoms with Crippen LogP contribution in [0, 0.1) is 6.92 Å². The van der Waals surface area contributed by atoms with Gasteiger partial charge in [0.15, 0.2) is 0 Å². The minimum absolute atomic E-state index is 0.0879. The van der Waals surface area contributed by atoms with Gasteiger partial charge in [0.2, 0.25) is 5.91 Å². The van der Waals surface area contributed by atoms with Gasteiger partial charge in [-0.1, -0.05) is 0 Å². The van der Waals surface area contributed by atoms with E-state index in [1.54, 1.807) is 11.3 Å².